The van der Waals surface area contributed by atoms with Gasteiger partial charge in [0.15, 0.2) is 0 Å². The number of ether oxygens (including phenoxy) is 1. The number of carbonyl (C=O) groups excluding carboxylic acids is 1. The van der Waals surface area contributed by atoms with Gasteiger partial charge in [0.05, 0.1) is 12.3 Å². The summed E-state index contributed by atoms with van der Waals surface area (Å²) in [6.07, 6.45) is 9.06. The predicted octanol–water partition coefficient (Wildman–Crippen LogP) is 8.67. The number of pyridine rings is 2. The van der Waals surface area contributed by atoms with E-state index in [1.54, 1.807) is 29.3 Å². The Morgan fingerprint density at radius 3 is 2.36 bits per heavy atom. The van der Waals surface area contributed by atoms with Crippen molar-refractivity contribution in [1.82, 2.24) is 14.9 Å². The number of likely N-dealkylation sites (tertiary alicyclic amines) is 1. The fourth-order valence-corrected chi connectivity index (χ4v) is 6.04. The zero-order valence-corrected chi connectivity index (χ0v) is 25.6. The second-order valence-electron chi connectivity index (χ2n) is 10.5. The van der Waals surface area contributed by atoms with Crippen LogP contribution in [0.2, 0.25) is 10.0 Å². The van der Waals surface area contributed by atoms with Crippen LogP contribution in [0.1, 0.15) is 42.1 Å². The Labute approximate surface area is 265 Å². The molecule has 3 heterocycles. The highest BCUT2D eigenvalue weighted by atomic mass is 35.5. The first kappa shape index (κ1) is 29.5. The van der Waals surface area contributed by atoms with Crippen molar-refractivity contribution < 1.29 is 9.53 Å². The van der Waals surface area contributed by atoms with Gasteiger partial charge in [-0.3, -0.25) is 14.8 Å². The van der Waals surface area contributed by atoms with Gasteiger partial charge in [-0.2, -0.15) is 0 Å². The molecule has 2 aromatic heterocycles. The van der Waals surface area contributed by atoms with Crippen molar-refractivity contribution in [3.8, 4) is 0 Å². The summed E-state index contributed by atoms with van der Waals surface area (Å²) in [5.41, 5.74) is 7.26. The van der Waals surface area contributed by atoms with E-state index in [0.29, 0.717) is 35.6 Å². The molecule has 8 heteroatoms. The molecule has 5 aromatic rings. The van der Waals surface area contributed by atoms with Crippen molar-refractivity contribution in [1.29, 1.82) is 0 Å². The van der Waals surface area contributed by atoms with Crippen molar-refractivity contribution in [3.05, 3.63) is 133 Å². The minimum absolute atomic E-state index is 0.0581. The molecule has 1 aliphatic carbocycles. The quantitative estimate of drug-likeness (QED) is 0.184. The lowest BCUT2D eigenvalue weighted by atomic mass is 9.88. The molecule has 6 nitrogen and oxygen atoms in total. The van der Waals surface area contributed by atoms with E-state index >= 15 is 0 Å². The maximum atomic E-state index is 12.3. The van der Waals surface area contributed by atoms with Crippen LogP contribution in [-0.4, -0.2) is 40.7 Å². The lowest BCUT2D eigenvalue weighted by molar-refractivity contribution is 0.104. The van der Waals surface area contributed by atoms with Crippen LogP contribution in [0.3, 0.4) is 0 Å². The first-order valence-corrected chi connectivity index (χ1v) is 15.2. The molecule has 1 aliphatic heterocycles. The topological polar surface area (TPSA) is 72.4 Å². The normalized spacial score (nSPS) is 13.9. The van der Waals surface area contributed by atoms with E-state index in [4.69, 9.17) is 32.9 Å². The van der Waals surface area contributed by atoms with Gasteiger partial charge in [0, 0.05) is 57.4 Å². The highest BCUT2D eigenvalue weighted by molar-refractivity contribution is 6.31. The second-order valence-corrected chi connectivity index (χ2v) is 11.4. The van der Waals surface area contributed by atoms with Gasteiger partial charge in [-0.25, -0.2) is 4.79 Å². The molecule has 0 radical (unpaired) electrons. The fraction of sp³-hybridized carbons (Fsp3) is 0.167. The molecular weight excluding hydrogens is 593 g/mol. The number of halogens is 2. The Kier molecular flexibility index (Phi) is 8.73. The summed E-state index contributed by atoms with van der Waals surface area (Å²) in [5.74, 6) is 0. The summed E-state index contributed by atoms with van der Waals surface area (Å²) in [5, 5.41) is 3.66. The molecule has 0 spiro atoms. The van der Waals surface area contributed by atoms with E-state index in [1.807, 2.05) is 55.6 Å². The molecule has 1 saturated heterocycles. The van der Waals surface area contributed by atoms with Crippen LogP contribution in [0.4, 0.5) is 4.79 Å². The van der Waals surface area contributed by atoms with Gasteiger partial charge in [0.25, 0.3) is 0 Å². The van der Waals surface area contributed by atoms with Gasteiger partial charge < -0.3 is 9.64 Å². The summed E-state index contributed by atoms with van der Waals surface area (Å²) in [7, 11) is 0. The van der Waals surface area contributed by atoms with Gasteiger partial charge in [-0.1, -0.05) is 71.3 Å². The van der Waals surface area contributed by atoms with Crippen molar-refractivity contribution in [2.45, 2.75) is 19.8 Å². The number of nitrogens with zero attached hydrogens (tertiary/aromatic N) is 3. The van der Waals surface area contributed by atoms with Gasteiger partial charge >= 0.3 is 6.09 Å². The van der Waals surface area contributed by atoms with Crippen LogP contribution in [0.15, 0.2) is 95.6 Å². The number of carbonyl (C=O) groups is 1. The van der Waals surface area contributed by atoms with Crippen LogP contribution in [0, 0.1) is 0 Å². The molecule has 7 rings (SSSR count). The highest BCUT2D eigenvalue weighted by Gasteiger charge is 2.25. The van der Waals surface area contributed by atoms with Crippen LogP contribution in [0.25, 0.3) is 39.4 Å². The van der Waals surface area contributed by atoms with Crippen molar-refractivity contribution in [2.75, 3.05) is 19.7 Å². The molecular formula is C36H29Cl2N3O3. The fourth-order valence-electron chi connectivity index (χ4n) is 5.68. The number of hydrogen-bond donors (Lipinski definition) is 0. The van der Waals surface area contributed by atoms with Crippen LogP contribution >= 0.6 is 23.2 Å². The first-order valence-electron chi connectivity index (χ1n) is 14.5. The van der Waals surface area contributed by atoms with E-state index in [0.717, 1.165) is 51.0 Å². The number of fused-ring (bicyclic) bond motifs is 4. The number of amides is 1. The molecule has 0 N–H and O–H groups in total. The van der Waals surface area contributed by atoms with Crippen molar-refractivity contribution in [3.63, 3.8) is 0 Å². The molecule has 0 atom stereocenters. The molecule has 1 fully saturated rings. The molecule has 0 unspecified atom stereocenters. The Morgan fingerprint density at radius 2 is 1.55 bits per heavy atom. The zero-order chi connectivity index (χ0) is 30.6. The van der Waals surface area contributed by atoms with Crippen molar-refractivity contribution >= 4 is 68.7 Å². The minimum atomic E-state index is -0.227. The largest absolute Gasteiger partial charge is 0.450 e. The molecule has 220 valence electrons. The number of hydrogen-bond acceptors (Lipinski definition) is 5. The van der Waals surface area contributed by atoms with Crippen LogP contribution < -0.4 is 5.43 Å². The third kappa shape index (κ3) is 6.09. The highest BCUT2D eigenvalue weighted by Crippen LogP contribution is 2.38. The van der Waals surface area contributed by atoms with Gasteiger partial charge in [0.1, 0.15) is 5.52 Å². The summed E-state index contributed by atoms with van der Waals surface area (Å²) < 4.78 is 5.14. The van der Waals surface area contributed by atoms with Gasteiger partial charge in [-0.05, 0) is 78.7 Å². The maximum absolute atomic E-state index is 12.3. The summed E-state index contributed by atoms with van der Waals surface area (Å²) in [6.45, 7) is 3.56. The summed E-state index contributed by atoms with van der Waals surface area (Å²) in [6, 6.07) is 22.8. The van der Waals surface area contributed by atoms with E-state index in [9.17, 15) is 9.59 Å². The molecule has 0 bridgehead atoms. The lowest BCUT2D eigenvalue weighted by Crippen LogP contribution is -2.37. The van der Waals surface area contributed by atoms with E-state index in [2.05, 4.69) is 29.3 Å². The van der Waals surface area contributed by atoms with E-state index in [-0.39, 0.29) is 11.5 Å². The smallest absolute Gasteiger partial charge is 0.409 e. The average Bonchev–Trinajstić information content (AvgIpc) is 3.29. The second kappa shape index (κ2) is 13.0. The van der Waals surface area contributed by atoms with E-state index < -0.39 is 0 Å². The Bertz CT molecular complexity index is 2010. The number of piperidine rings is 1. The SMILES string of the molecule is CCOC(=O)N1CCC(=C2c3ccc(Cl)cc3C=Cc3cccnc32)CC1.O=c1c2ccc(Cl)cc2ccc2cccnc12. The van der Waals surface area contributed by atoms with E-state index in [1.165, 1.54) is 11.1 Å². The molecule has 2 aliphatic rings. The van der Waals surface area contributed by atoms with Crippen LogP contribution in [0.5, 0.6) is 0 Å². The number of rotatable bonds is 1. The van der Waals surface area contributed by atoms with Gasteiger partial charge in [0.2, 0.25) is 5.43 Å². The molecule has 44 heavy (non-hydrogen) atoms. The number of aromatic nitrogens is 2. The zero-order valence-electron chi connectivity index (χ0n) is 24.1. The van der Waals surface area contributed by atoms with Gasteiger partial charge in [-0.15, -0.1) is 0 Å². The first-order chi connectivity index (χ1) is 21.4. The maximum Gasteiger partial charge on any atom is 0.409 e. The summed E-state index contributed by atoms with van der Waals surface area (Å²) >= 11 is 12.2. The Balaban J connectivity index is 0.000000173. The number of benzene rings is 2. The monoisotopic (exact) mass is 621 g/mol. The average molecular weight is 623 g/mol. The Morgan fingerprint density at radius 1 is 0.841 bits per heavy atom. The molecule has 1 amide bonds. The van der Waals surface area contributed by atoms with Crippen LogP contribution in [-0.2, 0) is 4.74 Å². The summed E-state index contributed by atoms with van der Waals surface area (Å²) in [4.78, 5) is 34.9. The Hall–Kier alpha value is -4.52. The molecule has 3 aromatic carbocycles. The predicted molar refractivity (Wildman–Crippen MR) is 179 cm³/mol. The lowest BCUT2D eigenvalue weighted by Gasteiger charge is -2.29. The van der Waals surface area contributed by atoms with Crippen molar-refractivity contribution in [2.24, 2.45) is 0 Å². The molecule has 0 saturated carbocycles. The third-order valence-electron chi connectivity index (χ3n) is 7.80. The minimum Gasteiger partial charge on any atom is -0.450 e. The standard InChI is InChI=1S/C22H21ClN2O2.C14H8ClNO/c1-2-27-22(26)25-12-9-15(10-13-25)20-19-8-7-18(23)14-17(19)6-5-16-4-3-11-24-21(16)20;15-11-5-6-12-10(8-11)4-3-9-2-1-7-16-13(9)14(12)17/h3-8,11,14H,2,9-10,12-13H2,1H3;1-8H. The third-order valence-corrected chi connectivity index (χ3v) is 8.27.